The molecule has 3 aromatic rings. The number of hydrogen-bond donors (Lipinski definition) is 2. The van der Waals surface area contributed by atoms with Gasteiger partial charge in [-0.15, -0.1) is 5.10 Å². The number of carbonyl (C=O) groups excluding carboxylic acids is 1. The molecule has 8 heteroatoms. The van der Waals surface area contributed by atoms with E-state index in [4.69, 9.17) is 16.3 Å². The van der Waals surface area contributed by atoms with E-state index < -0.39 is 11.7 Å². The number of hydrogen-bond acceptors (Lipinski definition) is 4. The van der Waals surface area contributed by atoms with E-state index in [-0.39, 0.29) is 17.3 Å². The summed E-state index contributed by atoms with van der Waals surface area (Å²) in [7, 11) is 1.35. The van der Waals surface area contributed by atoms with Crippen molar-refractivity contribution < 1.29 is 13.9 Å². The number of nitrogens with zero attached hydrogens (tertiary/aromatic N) is 2. The van der Waals surface area contributed by atoms with Gasteiger partial charge in [-0.25, -0.2) is 4.39 Å². The number of aromatic nitrogens is 3. The topological polar surface area (TPSA) is 79.9 Å². The molecule has 1 heterocycles. The number of aromatic amines is 1. The van der Waals surface area contributed by atoms with Crippen molar-refractivity contribution >= 4 is 23.5 Å². The third-order valence-corrected chi connectivity index (χ3v) is 3.58. The second kappa shape index (κ2) is 6.67. The Labute approximate surface area is 141 Å². The minimum atomic E-state index is -0.628. The number of ether oxygens (including phenoxy) is 1. The molecule has 6 nitrogen and oxygen atoms in total. The molecule has 0 radical (unpaired) electrons. The molecule has 0 aliphatic rings. The summed E-state index contributed by atoms with van der Waals surface area (Å²) in [6.45, 7) is 0. The number of amides is 1. The largest absolute Gasteiger partial charge is 0.494 e. The number of rotatable bonds is 4. The van der Waals surface area contributed by atoms with E-state index in [1.54, 1.807) is 18.2 Å². The normalized spacial score (nSPS) is 10.5. The van der Waals surface area contributed by atoms with Gasteiger partial charge in [-0.2, -0.15) is 4.98 Å². The zero-order valence-corrected chi connectivity index (χ0v) is 13.3. The smallest absolute Gasteiger partial charge is 0.258 e. The van der Waals surface area contributed by atoms with Crippen LogP contribution in [0.1, 0.15) is 10.4 Å². The summed E-state index contributed by atoms with van der Waals surface area (Å²) in [4.78, 5) is 16.3. The van der Waals surface area contributed by atoms with Crippen molar-refractivity contribution in [1.82, 2.24) is 15.2 Å². The molecular formula is C16H12ClFN4O2. The van der Waals surface area contributed by atoms with Crippen LogP contribution in [0.2, 0.25) is 5.02 Å². The number of H-pyrrole nitrogens is 1. The SMILES string of the molecule is COc1ccc(C(=O)Nc2n[nH]c(-c3ccccc3Cl)n2)cc1F. The average molecular weight is 347 g/mol. The number of halogens is 2. The lowest BCUT2D eigenvalue weighted by Gasteiger charge is -2.04. The predicted octanol–water partition coefficient (Wildman–Crippen LogP) is 3.53. The minimum Gasteiger partial charge on any atom is -0.494 e. The first-order chi connectivity index (χ1) is 11.6. The summed E-state index contributed by atoms with van der Waals surface area (Å²) in [5, 5.41) is 9.60. The lowest BCUT2D eigenvalue weighted by molar-refractivity contribution is 0.102. The van der Waals surface area contributed by atoms with Crippen LogP contribution in [-0.2, 0) is 0 Å². The second-order valence-electron chi connectivity index (χ2n) is 4.79. The van der Waals surface area contributed by atoms with Crippen molar-refractivity contribution in [2.24, 2.45) is 0 Å². The van der Waals surface area contributed by atoms with E-state index in [2.05, 4.69) is 20.5 Å². The van der Waals surface area contributed by atoms with Crippen LogP contribution >= 0.6 is 11.6 Å². The van der Waals surface area contributed by atoms with Crippen LogP contribution in [0.4, 0.5) is 10.3 Å². The maximum absolute atomic E-state index is 13.7. The summed E-state index contributed by atoms with van der Waals surface area (Å²) in [6.07, 6.45) is 0. The lowest BCUT2D eigenvalue weighted by atomic mass is 10.2. The molecule has 122 valence electrons. The van der Waals surface area contributed by atoms with Gasteiger partial charge in [0.2, 0.25) is 5.95 Å². The first-order valence-corrected chi connectivity index (χ1v) is 7.28. The van der Waals surface area contributed by atoms with Gasteiger partial charge in [-0.05, 0) is 30.3 Å². The third-order valence-electron chi connectivity index (χ3n) is 3.25. The highest BCUT2D eigenvalue weighted by Crippen LogP contribution is 2.25. The Balaban J connectivity index is 1.78. The number of nitrogens with one attached hydrogen (secondary N) is 2. The highest BCUT2D eigenvalue weighted by Gasteiger charge is 2.14. The van der Waals surface area contributed by atoms with Crippen molar-refractivity contribution in [3.63, 3.8) is 0 Å². The Kier molecular flexibility index (Phi) is 4.43. The first kappa shape index (κ1) is 15.9. The molecule has 1 aromatic heterocycles. The molecule has 0 atom stereocenters. The minimum absolute atomic E-state index is 0.0606. The summed E-state index contributed by atoms with van der Waals surface area (Å²) >= 11 is 6.09. The number of carbonyl (C=O) groups is 1. The summed E-state index contributed by atoms with van der Waals surface area (Å²) in [6, 6.07) is 11.0. The molecule has 2 N–H and O–H groups in total. The molecular weight excluding hydrogens is 335 g/mol. The Morgan fingerprint density at radius 3 is 2.79 bits per heavy atom. The predicted molar refractivity (Wildman–Crippen MR) is 87.7 cm³/mol. The van der Waals surface area contributed by atoms with Gasteiger partial charge in [0, 0.05) is 11.1 Å². The monoisotopic (exact) mass is 346 g/mol. The van der Waals surface area contributed by atoms with E-state index >= 15 is 0 Å². The quantitative estimate of drug-likeness (QED) is 0.757. The van der Waals surface area contributed by atoms with Crippen LogP contribution in [0.25, 0.3) is 11.4 Å². The van der Waals surface area contributed by atoms with E-state index in [1.807, 2.05) is 6.07 Å². The van der Waals surface area contributed by atoms with Crippen molar-refractivity contribution in [1.29, 1.82) is 0 Å². The number of benzene rings is 2. The van der Waals surface area contributed by atoms with Crippen molar-refractivity contribution in [2.75, 3.05) is 12.4 Å². The molecule has 0 saturated carbocycles. The van der Waals surface area contributed by atoms with Gasteiger partial charge >= 0.3 is 0 Å². The molecule has 0 bridgehead atoms. The van der Waals surface area contributed by atoms with E-state index in [0.717, 1.165) is 6.07 Å². The average Bonchev–Trinajstić information content (AvgIpc) is 3.03. The van der Waals surface area contributed by atoms with Crippen LogP contribution in [0, 0.1) is 5.82 Å². The van der Waals surface area contributed by atoms with Gasteiger partial charge in [0.1, 0.15) is 0 Å². The van der Waals surface area contributed by atoms with Crippen molar-refractivity contribution in [2.45, 2.75) is 0 Å². The van der Waals surface area contributed by atoms with E-state index in [0.29, 0.717) is 16.4 Å². The second-order valence-corrected chi connectivity index (χ2v) is 5.20. The van der Waals surface area contributed by atoms with Gasteiger partial charge in [-0.1, -0.05) is 23.7 Å². The van der Waals surface area contributed by atoms with Gasteiger partial charge in [0.05, 0.1) is 12.1 Å². The summed E-state index contributed by atoms with van der Waals surface area (Å²) < 4.78 is 18.5. The Bertz CT molecular complexity index is 897. The van der Waals surface area contributed by atoms with Crippen molar-refractivity contribution in [3.8, 4) is 17.1 Å². The highest BCUT2D eigenvalue weighted by molar-refractivity contribution is 6.33. The number of methoxy groups -OCH3 is 1. The fraction of sp³-hybridized carbons (Fsp3) is 0.0625. The summed E-state index contributed by atoms with van der Waals surface area (Å²) in [5.41, 5.74) is 0.778. The first-order valence-electron chi connectivity index (χ1n) is 6.90. The lowest BCUT2D eigenvalue weighted by Crippen LogP contribution is -2.13. The highest BCUT2D eigenvalue weighted by atomic mass is 35.5. The van der Waals surface area contributed by atoms with Gasteiger partial charge < -0.3 is 4.74 Å². The standard InChI is InChI=1S/C16H12ClFN4O2/c1-24-13-7-6-9(8-12(13)18)15(23)20-16-19-14(21-22-16)10-4-2-3-5-11(10)17/h2-8H,1H3,(H2,19,20,21,22,23). The molecule has 0 aliphatic carbocycles. The van der Waals surface area contributed by atoms with Crippen LogP contribution in [0.15, 0.2) is 42.5 Å². The Morgan fingerprint density at radius 2 is 2.08 bits per heavy atom. The zero-order valence-electron chi connectivity index (χ0n) is 12.5. The van der Waals surface area contributed by atoms with Gasteiger partial charge in [0.15, 0.2) is 17.4 Å². The van der Waals surface area contributed by atoms with Gasteiger partial charge in [-0.3, -0.25) is 15.2 Å². The Hall–Kier alpha value is -2.93. The number of anilines is 1. The molecule has 3 rings (SSSR count). The molecule has 1 amide bonds. The zero-order chi connectivity index (χ0) is 17.1. The Morgan fingerprint density at radius 1 is 1.29 bits per heavy atom. The van der Waals surface area contributed by atoms with Crippen LogP contribution in [0.3, 0.4) is 0 Å². The van der Waals surface area contributed by atoms with Crippen LogP contribution in [0.5, 0.6) is 5.75 Å². The fourth-order valence-electron chi connectivity index (χ4n) is 2.07. The molecule has 0 fully saturated rings. The van der Waals surface area contributed by atoms with E-state index in [9.17, 15) is 9.18 Å². The van der Waals surface area contributed by atoms with Crippen LogP contribution < -0.4 is 10.1 Å². The molecule has 0 unspecified atom stereocenters. The maximum Gasteiger partial charge on any atom is 0.258 e. The molecule has 24 heavy (non-hydrogen) atoms. The molecule has 0 aliphatic heterocycles. The van der Waals surface area contributed by atoms with Crippen molar-refractivity contribution in [3.05, 3.63) is 58.9 Å². The fourth-order valence-corrected chi connectivity index (χ4v) is 2.30. The molecule has 0 spiro atoms. The maximum atomic E-state index is 13.7. The molecule has 0 saturated heterocycles. The van der Waals surface area contributed by atoms with Crippen LogP contribution in [-0.4, -0.2) is 28.2 Å². The third kappa shape index (κ3) is 3.21. The molecule has 2 aromatic carbocycles. The van der Waals surface area contributed by atoms with Gasteiger partial charge in [0.25, 0.3) is 5.91 Å². The summed E-state index contributed by atoms with van der Waals surface area (Å²) in [5.74, 6) is -0.633. The van der Waals surface area contributed by atoms with E-state index in [1.165, 1.54) is 19.2 Å².